The van der Waals surface area contributed by atoms with Crippen LogP contribution in [0.3, 0.4) is 0 Å². The number of carbonyl (C=O) groups is 2. The SMILES string of the molecule is COC(=O)c1cc(NCCNC(=O)C(C)(C)C)c2cc(Br)ccc2n1. The number of ether oxygens (including phenoxy) is 1. The minimum Gasteiger partial charge on any atom is -0.464 e. The standard InChI is InChI=1S/C18H22BrN3O3/c1-18(2,3)17(24)21-8-7-20-14-10-15(16(23)25-4)22-13-6-5-11(19)9-12(13)14/h5-6,9-10H,7-8H2,1-4H3,(H,20,22)(H,21,24). The molecule has 0 fully saturated rings. The van der Waals surface area contributed by atoms with Gasteiger partial charge in [0.25, 0.3) is 0 Å². The smallest absolute Gasteiger partial charge is 0.356 e. The topological polar surface area (TPSA) is 80.3 Å². The molecule has 0 atom stereocenters. The van der Waals surface area contributed by atoms with Crippen LogP contribution in [0.4, 0.5) is 5.69 Å². The van der Waals surface area contributed by atoms with Crippen molar-refractivity contribution >= 4 is 44.4 Å². The highest BCUT2D eigenvalue weighted by molar-refractivity contribution is 9.10. The average Bonchev–Trinajstić information content (AvgIpc) is 2.56. The van der Waals surface area contributed by atoms with Crippen molar-refractivity contribution < 1.29 is 14.3 Å². The van der Waals surface area contributed by atoms with Crippen LogP contribution in [-0.2, 0) is 9.53 Å². The van der Waals surface area contributed by atoms with Gasteiger partial charge in [0.15, 0.2) is 5.69 Å². The number of methoxy groups -OCH3 is 1. The highest BCUT2D eigenvalue weighted by Gasteiger charge is 2.20. The van der Waals surface area contributed by atoms with Gasteiger partial charge < -0.3 is 15.4 Å². The third-order valence-electron chi connectivity index (χ3n) is 3.57. The molecule has 1 aromatic carbocycles. The second-order valence-electron chi connectivity index (χ2n) is 6.64. The predicted octanol–water partition coefficient (Wildman–Crippen LogP) is 3.36. The summed E-state index contributed by atoms with van der Waals surface area (Å²) in [7, 11) is 1.32. The van der Waals surface area contributed by atoms with Gasteiger partial charge in [0.2, 0.25) is 5.91 Å². The molecule has 0 radical (unpaired) electrons. The van der Waals surface area contributed by atoms with Crippen LogP contribution < -0.4 is 10.6 Å². The Hall–Kier alpha value is -2.15. The monoisotopic (exact) mass is 407 g/mol. The van der Waals surface area contributed by atoms with Crippen LogP contribution in [0.15, 0.2) is 28.7 Å². The van der Waals surface area contributed by atoms with E-state index in [9.17, 15) is 9.59 Å². The number of hydrogen-bond acceptors (Lipinski definition) is 5. The number of carbonyl (C=O) groups excluding carboxylic acids is 2. The molecule has 0 bridgehead atoms. The summed E-state index contributed by atoms with van der Waals surface area (Å²) >= 11 is 3.45. The van der Waals surface area contributed by atoms with Crippen molar-refractivity contribution in [3.8, 4) is 0 Å². The molecular formula is C18H22BrN3O3. The molecule has 1 heterocycles. The van der Waals surface area contributed by atoms with E-state index in [1.807, 2.05) is 39.0 Å². The number of nitrogens with zero attached hydrogens (tertiary/aromatic N) is 1. The number of aromatic nitrogens is 1. The minimum atomic E-state index is -0.492. The van der Waals surface area contributed by atoms with Crippen molar-refractivity contribution in [2.75, 3.05) is 25.5 Å². The van der Waals surface area contributed by atoms with Gasteiger partial charge in [0, 0.05) is 34.1 Å². The van der Waals surface area contributed by atoms with Gasteiger partial charge in [0.05, 0.1) is 12.6 Å². The van der Waals surface area contributed by atoms with Crippen LogP contribution in [0.1, 0.15) is 31.3 Å². The molecule has 1 aromatic heterocycles. The summed E-state index contributed by atoms with van der Waals surface area (Å²) in [6, 6.07) is 7.29. The van der Waals surface area contributed by atoms with Crippen molar-refractivity contribution in [2.45, 2.75) is 20.8 Å². The lowest BCUT2D eigenvalue weighted by Gasteiger charge is -2.18. The lowest BCUT2D eigenvalue weighted by molar-refractivity contribution is -0.128. The molecule has 0 aliphatic rings. The van der Waals surface area contributed by atoms with E-state index in [1.165, 1.54) is 7.11 Å². The first-order valence-corrected chi connectivity index (χ1v) is 8.72. The molecule has 6 nitrogen and oxygen atoms in total. The maximum absolute atomic E-state index is 11.9. The first kappa shape index (κ1) is 19.2. The van der Waals surface area contributed by atoms with Crippen LogP contribution in [0, 0.1) is 5.41 Å². The van der Waals surface area contributed by atoms with Gasteiger partial charge in [-0.3, -0.25) is 4.79 Å². The van der Waals surface area contributed by atoms with Crippen LogP contribution in [0.25, 0.3) is 10.9 Å². The number of anilines is 1. The fourth-order valence-corrected chi connectivity index (χ4v) is 2.55. The van der Waals surface area contributed by atoms with Crippen molar-refractivity contribution in [3.05, 3.63) is 34.4 Å². The third-order valence-corrected chi connectivity index (χ3v) is 4.07. The molecule has 0 unspecified atom stereocenters. The quantitative estimate of drug-likeness (QED) is 0.586. The van der Waals surface area contributed by atoms with Crippen molar-refractivity contribution in [1.82, 2.24) is 10.3 Å². The molecular weight excluding hydrogens is 386 g/mol. The summed E-state index contributed by atoms with van der Waals surface area (Å²) in [4.78, 5) is 28.1. The van der Waals surface area contributed by atoms with Gasteiger partial charge >= 0.3 is 5.97 Å². The second-order valence-corrected chi connectivity index (χ2v) is 7.56. The molecule has 0 aliphatic heterocycles. The lowest BCUT2D eigenvalue weighted by atomic mass is 9.96. The molecule has 1 amide bonds. The number of rotatable bonds is 5. The first-order chi connectivity index (χ1) is 11.7. The number of fused-ring (bicyclic) bond motifs is 1. The van der Waals surface area contributed by atoms with E-state index in [0.29, 0.717) is 18.6 Å². The van der Waals surface area contributed by atoms with Gasteiger partial charge in [0.1, 0.15) is 0 Å². The zero-order valence-electron chi connectivity index (χ0n) is 14.8. The highest BCUT2D eigenvalue weighted by Crippen LogP contribution is 2.26. The number of esters is 1. The van der Waals surface area contributed by atoms with Crippen molar-refractivity contribution in [2.24, 2.45) is 5.41 Å². The van der Waals surface area contributed by atoms with Crippen LogP contribution in [0.5, 0.6) is 0 Å². The Morgan fingerprint density at radius 3 is 2.56 bits per heavy atom. The number of pyridine rings is 1. The van der Waals surface area contributed by atoms with Crippen LogP contribution in [0.2, 0.25) is 0 Å². The van der Waals surface area contributed by atoms with Crippen LogP contribution in [-0.4, -0.2) is 37.1 Å². The number of benzene rings is 1. The number of hydrogen-bond donors (Lipinski definition) is 2. The molecule has 7 heteroatoms. The van der Waals surface area contributed by atoms with Gasteiger partial charge in [-0.1, -0.05) is 36.7 Å². The summed E-state index contributed by atoms with van der Waals surface area (Å²) in [6.07, 6.45) is 0. The second kappa shape index (κ2) is 7.82. The molecule has 2 rings (SSSR count). The number of nitrogens with one attached hydrogen (secondary N) is 2. The summed E-state index contributed by atoms with van der Waals surface area (Å²) < 4.78 is 5.68. The van der Waals surface area contributed by atoms with E-state index >= 15 is 0 Å². The molecule has 25 heavy (non-hydrogen) atoms. The minimum absolute atomic E-state index is 0.00752. The van der Waals surface area contributed by atoms with E-state index in [1.54, 1.807) is 6.07 Å². The maximum Gasteiger partial charge on any atom is 0.356 e. The Balaban J connectivity index is 2.19. The van der Waals surface area contributed by atoms with Gasteiger partial charge in [-0.25, -0.2) is 9.78 Å². The first-order valence-electron chi connectivity index (χ1n) is 7.93. The van der Waals surface area contributed by atoms with Crippen LogP contribution >= 0.6 is 15.9 Å². The molecule has 0 aliphatic carbocycles. The molecule has 0 spiro atoms. The third kappa shape index (κ3) is 4.92. The predicted molar refractivity (Wildman–Crippen MR) is 102 cm³/mol. The van der Waals surface area contributed by atoms with E-state index in [4.69, 9.17) is 4.74 Å². The Morgan fingerprint density at radius 2 is 1.92 bits per heavy atom. The maximum atomic E-state index is 11.9. The summed E-state index contributed by atoms with van der Waals surface area (Å²) in [6.45, 7) is 6.60. The summed E-state index contributed by atoms with van der Waals surface area (Å²) in [5.74, 6) is -0.499. The molecule has 2 N–H and O–H groups in total. The van der Waals surface area contributed by atoms with Gasteiger partial charge in [-0.2, -0.15) is 0 Å². The Morgan fingerprint density at radius 1 is 1.20 bits per heavy atom. The zero-order chi connectivity index (χ0) is 18.6. The molecule has 0 saturated carbocycles. The largest absolute Gasteiger partial charge is 0.464 e. The van der Waals surface area contributed by atoms with E-state index in [0.717, 1.165) is 15.5 Å². The lowest BCUT2D eigenvalue weighted by Crippen LogP contribution is -2.37. The summed E-state index contributed by atoms with van der Waals surface area (Å²) in [5.41, 5.74) is 1.26. The average molecular weight is 408 g/mol. The van der Waals surface area contributed by atoms with Gasteiger partial charge in [-0.05, 0) is 24.3 Å². The van der Waals surface area contributed by atoms with E-state index in [-0.39, 0.29) is 11.6 Å². The van der Waals surface area contributed by atoms with Crippen molar-refractivity contribution in [1.29, 1.82) is 0 Å². The Kier molecular flexibility index (Phi) is 6.00. The normalized spacial score (nSPS) is 11.2. The fourth-order valence-electron chi connectivity index (χ4n) is 2.19. The molecule has 2 aromatic rings. The number of amides is 1. The van der Waals surface area contributed by atoms with E-state index in [2.05, 4.69) is 31.5 Å². The van der Waals surface area contributed by atoms with E-state index < -0.39 is 11.4 Å². The van der Waals surface area contributed by atoms with Crippen molar-refractivity contribution in [3.63, 3.8) is 0 Å². The molecule has 0 saturated heterocycles. The fraction of sp³-hybridized carbons (Fsp3) is 0.389. The Bertz CT molecular complexity index is 800. The van der Waals surface area contributed by atoms with Gasteiger partial charge in [-0.15, -0.1) is 0 Å². The highest BCUT2D eigenvalue weighted by atomic mass is 79.9. The zero-order valence-corrected chi connectivity index (χ0v) is 16.4. The number of halogens is 1. The Labute approximate surface area is 155 Å². The molecule has 134 valence electrons. The summed E-state index contributed by atoms with van der Waals surface area (Å²) in [5, 5.41) is 7.02.